The first-order valence-electron chi connectivity index (χ1n) is 5.82. The monoisotopic (exact) mass is 308 g/mol. The zero-order chi connectivity index (χ0) is 14.1. The van der Waals surface area contributed by atoms with Gasteiger partial charge in [0.15, 0.2) is 0 Å². The number of benzene rings is 1. The van der Waals surface area contributed by atoms with Crippen LogP contribution < -0.4 is 10.1 Å². The van der Waals surface area contributed by atoms with Gasteiger partial charge in [-0.1, -0.05) is 23.2 Å². The molecule has 2 heterocycles. The summed E-state index contributed by atoms with van der Waals surface area (Å²) >= 11 is 12.0. The molecule has 0 amide bonds. The molecule has 1 N–H and O–H groups in total. The Labute approximate surface area is 125 Å². The first-order chi connectivity index (χ1) is 9.67. The number of ether oxygens (including phenoxy) is 1. The zero-order valence-electron chi connectivity index (χ0n) is 10.5. The topological polar surface area (TPSA) is 51.5 Å². The van der Waals surface area contributed by atoms with E-state index in [1.54, 1.807) is 31.4 Å². The summed E-state index contributed by atoms with van der Waals surface area (Å²) in [6, 6.07) is 5.01. The molecule has 0 fully saturated rings. The molecule has 3 rings (SSSR count). The minimum atomic E-state index is 0.367. The molecular formula is C13H10Cl2N4O. The number of halogens is 2. The summed E-state index contributed by atoms with van der Waals surface area (Å²) in [6.07, 6.45) is 5.31. The van der Waals surface area contributed by atoms with E-state index in [2.05, 4.69) is 15.3 Å². The van der Waals surface area contributed by atoms with Crippen LogP contribution in [0.2, 0.25) is 10.0 Å². The molecule has 0 bridgehead atoms. The van der Waals surface area contributed by atoms with Crippen LogP contribution in [0.4, 0.5) is 5.82 Å². The van der Waals surface area contributed by atoms with Gasteiger partial charge in [-0.25, -0.2) is 4.98 Å². The maximum atomic E-state index is 6.10. The molecule has 0 aliphatic carbocycles. The molecule has 7 heteroatoms. The third-order valence-corrected chi connectivity index (χ3v) is 3.23. The molecule has 0 unspecified atom stereocenters. The van der Waals surface area contributed by atoms with Crippen molar-refractivity contribution in [2.24, 2.45) is 0 Å². The van der Waals surface area contributed by atoms with E-state index < -0.39 is 0 Å². The highest BCUT2D eigenvalue weighted by atomic mass is 35.5. The maximum Gasteiger partial charge on any atom is 0.265 e. The number of hydrogen-bond donors (Lipinski definition) is 1. The molecule has 0 spiro atoms. The van der Waals surface area contributed by atoms with E-state index in [4.69, 9.17) is 27.9 Å². The molecule has 2 aromatic heterocycles. The quantitative estimate of drug-likeness (QED) is 0.798. The molecule has 0 radical (unpaired) electrons. The smallest absolute Gasteiger partial charge is 0.265 e. The van der Waals surface area contributed by atoms with Crippen LogP contribution >= 0.6 is 23.2 Å². The summed E-state index contributed by atoms with van der Waals surface area (Å²) in [5.74, 6) is 1.50. The number of aromatic nitrogens is 3. The molecule has 0 atom stereocenters. The molecule has 0 aliphatic rings. The van der Waals surface area contributed by atoms with E-state index in [0.29, 0.717) is 33.1 Å². The number of hydrogen-bond acceptors (Lipinski definition) is 4. The molecule has 0 aliphatic heterocycles. The largest absolute Gasteiger partial charge is 0.434 e. The second kappa shape index (κ2) is 5.19. The van der Waals surface area contributed by atoms with Crippen molar-refractivity contribution in [2.75, 3.05) is 12.4 Å². The number of nitrogens with zero attached hydrogens (tertiary/aromatic N) is 3. The zero-order valence-corrected chi connectivity index (χ0v) is 12.0. The molecule has 102 valence electrons. The minimum absolute atomic E-state index is 0.367. The highest BCUT2D eigenvalue weighted by Gasteiger charge is 2.11. The first-order valence-corrected chi connectivity index (χ1v) is 6.57. The lowest BCUT2D eigenvalue weighted by Crippen LogP contribution is -1.99. The number of anilines is 1. The van der Waals surface area contributed by atoms with Crippen molar-refractivity contribution in [2.45, 2.75) is 0 Å². The Bertz CT molecular complexity index is 772. The van der Waals surface area contributed by atoms with E-state index in [1.165, 1.54) is 0 Å². The van der Waals surface area contributed by atoms with Crippen LogP contribution in [0, 0.1) is 0 Å². The van der Waals surface area contributed by atoms with Crippen LogP contribution in [0.15, 0.2) is 36.8 Å². The fraction of sp³-hybridized carbons (Fsp3) is 0.0769. The summed E-state index contributed by atoms with van der Waals surface area (Å²) in [5.41, 5.74) is 0.606. The van der Waals surface area contributed by atoms with Crippen LogP contribution in [-0.4, -0.2) is 21.4 Å². The number of rotatable bonds is 3. The standard InChI is InChI=1S/C13H10Cl2N4O/c1-16-11-7-19-5-4-17-12(19)13(18-11)20-10-3-2-8(14)6-9(10)15/h2-7,16H,1H3. The third kappa shape index (κ3) is 2.37. The fourth-order valence-electron chi connectivity index (χ4n) is 1.75. The van der Waals surface area contributed by atoms with Crippen LogP contribution in [0.3, 0.4) is 0 Å². The van der Waals surface area contributed by atoms with Crippen molar-refractivity contribution in [1.82, 2.24) is 14.4 Å². The van der Waals surface area contributed by atoms with Crippen molar-refractivity contribution in [1.29, 1.82) is 0 Å². The Balaban J connectivity index is 2.07. The Morgan fingerprint density at radius 2 is 2.15 bits per heavy atom. The summed E-state index contributed by atoms with van der Waals surface area (Å²) in [4.78, 5) is 8.56. The predicted molar refractivity (Wildman–Crippen MR) is 79.1 cm³/mol. The van der Waals surface area contributed by atoms with Gasteiger partial charge in [0.05, 0.1) is 11.2 Å². The summed E-state index contributed by atoms with van der Waals surface area (Å²) < 4.78 is 7.57. The van der Waals surface area contributed by atoms with Crippen LogP contribution in [-0.2, 0) is 0 Å². The van der Waals surface area contributed by atoms with Gasteiger partial charge < -0.3 is 10.1 Å². The lowest BCUT2D eigenvalue weighted by Gasteiger charge is -2.09. The van der Waals surface area contributed by atoms with Gasteiger partial charge in [0.25, 0.3) is 5.88 Å². The molecule has 1 aromatic carbocycles. The Kier molecular flexibility index (Phi) is 3.38. The van der Waals surface area contributed by atoms with Gasteiger partial charge in [-0.2, -0.15) is 4.98 Å². The molecule has 0 saturated carbocycles. The van der Waals surface area contributed by atoms with Gasteiger partial charge in [-0.15, -0.1) is 0 Å². The second-order valence-electron chi connectivity index (χ2n) is 4.02. The van der Waals surface area contributed by atoms with Gasteiger partial charge in [0.1, 0.15) is 11.6 Å². The van der Waals surface area contributed by atoms with Crippen LogP contribution in [0.1, 0.15) is 0 Å². The van der Waals surface area contributed by atoms with Gasteiger partial charge >= 0.3 is 0 Å². The van der Waals surface area contributed by atoms with Crippen molar-refractivity contribution in [3.63, 3.8) is 0 Å². The molecule has 5 nitrogen and oxygen atoms in total. The fourth-order valence-corrected chi connectivity index (χ4v) is 2.20. The number of fused-ring (bicyclic) bond motifs is 1. The van der Waals surface area contributed by atoms with E-state index in [9.17, 15) is 0 Å². The second-order valence-corrected chi connectivity index (χ2v) is 4.86. The first kappa shape index (κ1) is 13.0. The summed E-state index contributed by atoms with van der Waals surface area (Å²) in [5, 5.41) is 3.93. The predicted octanol–water partition coefficient (Wildman–Crippen LogP) is 3.87. The van der Waals surface area contributed by atoms with Crippen molar-refractivity contribution in [3.05, 3.63) is 46.8 Å². The summed E-state index contributed by atoms with van der Waals surface area (Å²) in [6.45, 7) is 0. The minimum Gasteiger partial charge on any atom is -0.434 e. The average Bonchev–Trinajstić information content (AvgIpc) is 2.90. The molecule has 0 saturated heterocycles. The molecule has 20 heavy (non-hydrogen) atoms. The van der Waals surface area contributed by atoms with Crippen molar-refractivity contribution in [3.8, 4) is 11.6 Å². The van der Waals surface area contributed by atoms with Crippen LogP contribution in [0.5, 0.6) is 11.6 Å². The lowest BCUT2D eigenvalue weighted by atomic mass is 10.3. The van der Waals surface area contributed by atoms with Crippen LogP contribution in [0.25, 0.3) is 5.65 Å². The summed E-state index contributed by atoms with van der Waals surface area (Å²) in [7, 11) is 1.78. The Hall–Kier alpha value is -1.98. The lowest BCUT2D eigenvalue weighted by molar-refractivity contribution is 0.466. The molecular weight excluding hydrogens is 299 g/mol. The van der Waals surface area contributed by atoms with Gasteiger partial charge in [-0.05, 0) is 18.2 Å². The number of nitrogens with one attached hydrogen (secondary N) is 1. The Morgan fingerprint density at radius 1 is 1.30 bits per heavy atom. The van der Waals surface area contributed by atoms with E-state index in [0.717, 1.165) is 0 Å². The van der Waals surface area contributed by atoms with Gasteiger partial charge in [-0.3, -0.25) is 4.40 Å². The van der Waals surface area contributed by atoms with E-state index >= 15 is 0 Å². The molecule has 3 aromatic rings. The third-order valence-electron chi connectivity index (χ3n) is 2.70. The Morgan fingerprint density at radius 3 is 2.90 bits per heavy atom. The normalized spacial score (nSPS) is 10.8. The van der Waals surface area contributed by atoms with E-state index in [1.807, 2.05) is 16.8 Å². The highest BCUT2D eigenvalue weighted by molar-refractivity contribution is 6.35. The average molecular weight is 309 g/mol. The van der Waals surface area contributed by atoms with Gasteiger partial charge in [0.2, 0.25) is 5.65 Å². The number of imidazole rings is 1. The SMILES string of the molecule is CNc1cn2ccnc2c(Oc2ccc(Cl)cc2Cl)n1. The van der Waals surface area contributed by atoms with Gasteiger partial charge in [0, 0.05) is 24.5 Å². The van der Waals surface area contributed by atoms with E-state index in [-0.39, 0.29) is 0 Å². The van der Waals surface area contributed by atoms with Crippen molar-refractivity contribution >= 4 is 34.7 Å². The highest BCUT2D eigenvalue weighted by Crippen LogP contribution is 2.32. The van der Waals surface area contributed by atoms with Crippen molar-refractivity contribution < 1.29 is 4.74 Å². The maximum absolute atomic E-state index is 6.10.